The summed E-state index contributed by atoms with van der Waals surface area (Å²) in [4.78, 5) is 2.24. The molecule has 1 aliphatic carbocycles. The van der Waals surface area contributed by atoms with E-state index in [1.807, 2.05) is 0 Å². The Morgan fingerprint density at radius 1 is 1.00 bits per heavy atom. The molecule has 2 heteroatoms. The molecule has 0 spiro atoms. The number of nitrogens with zero attached hydrogens (tertiary/aromatic N) is 1. The minimum atomic E-state index is -0.656. The third-order valence-electron chi connectivity index (χ3n) is 6.41. The second kappa shape index (κ2) is 8.58. The van der Waals surface area contributed by atoms with Gasteiger partial charge >= 0.3 is 0 Å². The van der Waals surface area contributed by atoms with Crippen LogP contribution in [-0.4, -0.2) is 36.2 Å². The Morgan fingerprint density at radius 3 is 2.41 bits per heavy atom. The molecule has 3 unspecified atom stereocenters. The summed E-state index contributed by atoms with van der Waals surface area (Å²) in [7, 11) is 4.25. The van der Waals surface area contributed by atoms with Gasteiger partial charge in [0.05, 0.1) is 5.60 Å². The predicted octanol–water partition coefficient (Wildman–Crippen LogP) is 4.80. The lowest BCUT2D eigenvalue weighted by molar-refractivity contribution is -0.0998. The highest BCUT2D eigenvalue weighted by molar-refractivity contribution is 5.32. The molecular weight excluding hydrogens is 330 g/mol. The van der Waals surface area contributed by atoms with Crippen molar-refractivity contribution in [3.05, 3.63) is 70.8 Å². The van der Waals surface area contributed by atoms with E-state index < -0.39 is 5.60 Å². The van der Waals surface area contributed by atoms with Gasteiger partial charge in [0.25, 0.3) is 0 Å². The highest BCUT2D eigenvalue weighted by Crippen LogP contribution is 2.43. The molecule has 2 aromatic rings. The van der Waals surface area contributed by atoms with E-state index in [0.717, 1.165) is 32.2 Å². The maximum Gasteiger partial charge on any atom is 0.0759 e. The second-order valence-corrected chi connectivity index (χ2v) is 8.87. The van der Waals surface area contributed by atoms with E-state index in [2.05, 4.69) is 81.4 Å². The third-order valence-corrected chi connectivity index (χ3v) is 6.41. The maximum atomic E-state index is 12.1. The van der Waals surface area contributed by atoms with Crippen LogP contribution in [0.25, 0.3) is 0 Å². The Labute approximate surface area is 165 Å². The van der Waals surface area contributed by atoms with Crippen LogP contribution < -0.4 is 0 Å². The van der Waals surface area contributed by atoms with E-state index >= 15 is 0 Å². The van der Waals surface area contributed by atoms with Crippen molar-refractivity contribution in [1.29, 1.82) is 0 Å². The average molecular weight is 366 g/mol. The molecule has 2 aromatic carbocycles. The average Bonchev–Trinajstić information content (AvgIpc) is 2.62. The van der Waals surface area contributed by atoms with Crippen LogP contribution in [0.1, 0.15) is 41.5 Å². The number of benzene rings is 2. The van der Waals surface area contributed by atoms with Crippen molar-refractivity contribution in [2.75, 3.05) is 20.6 Å². The molecule has 0 amide bonds. The van der Waals surface area contributed by atoms with Crippen molar-refractivity contribution >= 4 is 0 Å². The molecule has 3 atom stereocenters. The first kappa shape index (κ1) is 20.1. The molecule has 27 heavy (non-hydrogen) atoms. The minimum absolute atomic E-state index is 0.304. The topological polar surface area (TPSA) is 23.5 Å². The normalized spacial score (nSPS) is 25.7. The molecule has 1 N–H and O–H groups in total. The first-order chi connectivity index (χ1) is 12.9. The Morgan fingerprint density at radius 2 is 1.70 bits per heavy atom. The van der Waals surface area contributed by atoms with Gasteiger partial charge in [-0.05, 0) is 69.8 Å². The summed E-state index contributed by atoms with van der Waals surface area (Å²) in [6.07, 6.45) is 5.17. The highest BCUT2D eigenvalue weighted by atomic mass is 16.3. The lowest BCUT2D eigenvalue weighted by Crippen LogP contribution is -2.53. The van der Waals surface area contributed by atoms with E-state index in [0.29, 0.717) is 11.8 Å². The van der Waals surface area contributed by atoms with Gasteiger partial charge in [0, 0.05) is 18.9 Å². The number of rotatable bonds is 6. The molecule has 146 valence electrons. The summed E-state index contributed by atoms with van der Waals surface area (Å²) in [5.41, 5.74) is 4.56. The largest absolute Gasteiger partial charge is 0.389 e. The number of hydrogen-bond donors (Lipinski definition) is 1. The minimum Gasteiger partial charge on any atom is -0.389 e. The molecular formula is C25H35NO. The van der Waals surface area contributed by atoms with Crippen LogP contribution in [0.5, 0.6) is 0 Å². The van der Waals surface area contributed by atoms with Crippen molar-refractivity contribution in [3.8, 4) is 0 Å². The van der Waals surface area contributed by atoms with Crippen molar-refractivity contribution in [1.82, 2.24) is 4.90 Å². The molecule has 0 aromatic heterocycles. The lowest BCUT2D eigenvalue weighted by Gasteiger charge is -2.47. The monoisotopic (exact) mass is 365 g/mol. The summed E-state index contributed by atoms with van der Waals surface area (Å²) in [6, 6.07) is 17.3. The molecule has 0 radical (unpaired) electrons. The van der Waals surface area contributed by atoms with Crippen LogP contribution >= 0.6 is 0 Å². The Bertz CT molecular complexity index is 739. The zero-order valence-electron chi connectivity index (χ0n) is 17.4. The van der Waals surface area contributed by atoms with Gasteiger partial charge < -0.3 is 10.0 Å². The summed E-state index contributed by atoms with van der Waals surface area (Å²) >= 11 is 0. The smallest absolute Gasteiger partial charge is 0.0759 e. The van der Waals surface area contributed by atoms with Gasteiger partial charge in [0.1, 0.15) is 0 Å². The Hall–Kier alpha value is -1.64. The molecule has 0 bridgehead atoms. The van der Waals surface area contributed by atoms with Gasteiger partial charge in [0.15, 0.2) is 0 Å². The van der Waals surface area contributed by atoms with Gasteiger partial charge in [0.2, 0.25) is 0 Å². The van der Waals surface area contributed by atoms with E-state index in [-0.39, 0.29) is 0 Å². The van der Waals surface area contributed by atoms with E-state index in [9.17, 15) is 5.11 Å². The van der Waals surface area contributed by atoms with Crippen LogP contribution in [0.15, 0.2) is 48.5 Å². The number of aryl methyl sites for hydroxylation is 2. The fraction of sp³-hybridized carbons (Fsp3) is 0.520. The molecule has 0 heterocycles. The van der Waals surface area contributed by atoms with Crippen molar-refractivity contribution in [2.24, 2.45) is 11.8 Å². The Kier molecular flexibility index (Phi) is 6.39. The van der Waals surface area contributed by atoms with Gasteiger partial charge in [-0.25, -0.2) is 0 Å². The molecule has 1 saturated carbocycles. The highest BCUT2D eigenvalue weighted by Gasteiger charge is 2.46. The zero-order chi connectivity index (χ0) is 19.4. The quantitative estimate of drug-likeness (QED) is 0.795. The molecule has 0 saturated heterocycles. The fourth-order valence-corrected chi connectivity index (χ4v) is 4.90. The van der Waals surface area contributed by atoms with Crippen molar-refractivity contribution in [3.63, 3.8) is 0 Å². The van der Waals surface area contributed by atoms with Crippen LogP contribution in [0, 0.1) is 25.7 Å². The first-order valence-electron chi connectivity index (χ1n) is 10.4. The van der Waals surface area contributed by atoms with E-state index in [1.54, 1.807) is 0 Å². The second-order valence-electron chi connectivity index (χ2n) is 8.87. The third kappa shape index (κ3) is 4.80. The molecule has 2 nitrogen and oxygen atoms in total. The maximum absolute atomic E-state index is 12.1. The van der Waals surface area contributed by atoms with Gasteiger partial charge in [-0.1, -0.05) is 60.5 Å². The van der Waals surface area contributed by atoms with Crippen LogP contribution in [0.2, 0.25) is 0 Å². The summed E-state index contributed by atoms with van der Waals surface area (Å²) in [5.74, 6) is 0.619. The molecule has 1 aliphatic rings. The van der Waals surface area contributed by atoms with Gasteiger partial charge in [-0.2, -0.15) is 0 Å². The Balaban J connectivity index is 1.93. The van der Waals surface area contributed by atoms with E-state index in [4.69, 9.17) is 0 Å². The number of hydrogen-bond acceptors (Lipinski definition) is 2. The molecule has 0 aliphatic heterocycles. The summed E-state index contributed by atoms with van der Waals surface area (Å²) in [5, 5.41) is 12.1. The lowest BCUT2D eigenvalue weighted by atomic mass is 9.63. The standard InChI is InChI=1S/C25H35NO/c1-19-13-14-20(2)22(15-19)17-25(27)23(16-21-9-6-5-7-10-21)11-8-12-24(25)18-26(3)4/h5-7,9-10,13-15,23-24,27H,8,11-12,16-18H2,1-4H3. The zero-order valence-corrected chi connectivity index (χ0v) is 17.4. The van der Waals surface area contributed by atoms with Gasteiger partial charge in [-0.3, -0.25) is 0 Å². The summed E-state index contributed by atoms with van der Waals surface area (Å²) < 4.78 is 0. The van der Waals surface area contributed by atoms with Crippen LogP contribution in [-0.2, 0) is 12.8 Å². The van der Waals surface area contributed by atoms with Crippen LogP contribution in [0.3, 0.4) is 0 Å². The van der Waals surface area contributed by atoms with E-state index in [1.165, 1.54) is 28.7 Å². The van der Waals surface area contributed by atoms with Crippen LogP contribution in [0.4, 0.5) is 0 Å². The van der Waals surface area contributed by atoms with Crippen molar-refractivity contribution in [2.45, 2.75) is 51.6 Å². The number of aliphatic hydroxyl groups is 1. The summed E-state index contributed by atoms with van der Waals surface area (Å²) in [6.45, 7) is 5.27. The SMILES string of the molecule is Cc1ccc(C)c(CC2(O)C(Cc3ccccc3)CCCC2CN(C)C)c1. The van der Waals surface area contributed by atoms with Gasteiger partial charge in [-0.15, -0.1) is 0 Å². The molecule has 1 fully saturated rings. The van der Waals surface area contributed by atoms with Crippen molar-refractivity contribution < 1.29 is 5.11 Å². The molecule has 3 rings (SSSR count). The fourth-order valence-electron chi connectivity index (χ4n) is 4.90. The predicted molar refractivity (Wildman–Crippen MR) is 114 cm³/mol. The first-order valence-corrected chi connectivity index (χ1v) is 10.4.